The molecule has 1 aromatic heterocycles. The molecule has 0 radical (unpaired) electrons. The summed E-state index contributed by atoms with van der Waals surface area (Å²) in [7, 11) is 1.33. The minimum atomic E-state index is -0.590. The fraction of sp³-hybridized carbons (Fsp3) is 0.312. The van der Waals surface area contributed by atoms with Crippen LogP contribution in [0.1, 0.15) is 24.9 Å². The number of anilines is 1. The predicted molar refractivity (Wildman–Crippen MR) is 89.3 cm³/mol. The van der Waals surface area contributed by atoms with Crippen LogP contribution in [0.25, 0.3) is 0 Å². The van der Waals surface area contributed by atoms with Crippen LogP contribution in [0.2, 0.25) is 0 Å². The molecule has 0 bridgehead atoms. The Balaban J connectivity index is 2.23. The monoisotopic (exact) mass is 348 g/mol. The summed E-state index contributed by atoms with van der Waals surface area (Å²) in [5.41, 5.74) is 1.72. The molecule has 0 fully saturated rings. The molecule has 0 saturated carbocycles. The second kappa shape index (κ2) is 6.64. The van der Waals surface area contributed by atoms with Gasteiger partial charge in [-0.3, -0.25) is 0 Å². The summed E-state index contributed by atoms with van der Waals surface area (Å²) >= 11 is 1.40. The summed E-state index contributed by atoms with van der Waals surface area (Å²) in [4.78, 5) is 16.8. The number of halogens is 1. The number of methoxy groups -OCH3 is 1. The van der Waals surface area contributed by atoms with E-state index in [1.54, 1.807) is 16.8 Å². The highest BCUT2D eigenvalue weighted by Crippen LogP contribution is 2.37. The zero-order valence-corrected chi connectivity index (χ0v) is 14.4. The molecule has 0 saturated heterocycles. The molecule has 0 spiro atoms. The Morgan fingerprint density at radius 1 is 1.50 bits per heavy atom. The molecule has 0 aliphatic carbocycles. The van der Waals surface area contributed by atoms with Crippen molar-refractivity contribution in [2.75, 3.05) is 18.7 Å². The topological polar surface area (TPSA) is 69.0 Å². The Morgan fingerprint density at radius 3 is 2.92 bits per heavy atom. The van der Waals surface area contributed by atoms with Gasteiger partial charge in [-0.2, -0.15) is 4.98 Å². The van der Waals surface area contributed by atoms with E-state index in [4.69, 9.17) is 4.74 Å². The van der Waals surface area contributed by atoms with Crippen molar-refractivity contribution in [2.24, 2.45) is 0 Å². The number of hydrogen-bond acceptors (Lipinski definition) is 6. The lowest BCUT2D eigenvalue weighted by Crippen LogP contribution is -2.30. The number of carbonyl (C=O) groups excluding carboxylic acids is 1. The largest absolute Gasteiger partial charge is 0.466 e. The highest BCUT2D eigenvalue weighted by molar-refractivity contribution is 7.98. The summed E-state index contributed by atoms with van der Waals surface area (Å²) in [6.45, 7) is 1.93. The molecule has 6 nitrogen and oxygen atoms in total. The van der Waals surface area contributed by atoms with E-state index in [9.17, 15) is 9.18 Å². The van der Waals surface area contributed by atoms with Gasteiger partial charge < -0.3 is 10.1 Å². The molecule has 3 rings (SSSR count). The van der Waals surface area contributed by atoms with E-state index in [2.05, 4.69) is 15.4 Å². The fourth-order valence-corrected chi connectivity index (χ4v) is 3.10. The van der Waals surface area contributed by atoms with Gasteiger partial charge in [0.2, 0.25) is 11.1 Å². The third-order valence-electron chi connectivity index (χ3n) is 3.82. The molecule has 126 valence electrons. The number of rotatable bonds is 4. The molecule has 1 aliphatic heterocycles. The molecule has 1 N–H and O–H groups in total. The van der Waals surface area contributed by atoms with Gasteiger partial charge in [-0.25, -0.2) is 13.9 Å². The quantitative estimate of drug-likeness (QED) is 0.677. The smallest absolute Gasteiger partial charge is 0.338 e. The van der Waals surface area contributed by atoms with Gasteiger partial charge in [0.15, 0.2) is 0 Å². The predicted octanol–water partition coefficient (Wildman–Crippen LogP) is 2.99. The van der Waals surface area contributed by atoms with Crippen LogP contribution in [-0.4, -0.2) is 34.1 Å². The molecule has 2 aromatic rings. The summed E-state index contributed by atoms with van der Waals surface area (Å²) in [6.07, 6.45) is 2.45. The second-order valence-electron chi connectivity index (χ2n) is 5.19. The van der Waals surface area contributed by atoms with Crippen molar-refractivity contribution >= 4 is 23.7 Å². The summed E-state index contributed by atoms with van der Waals surface area (Å²) in [6, 6.07) is 5.55. The van der Waals surface area contributed by atoms with Crippen LogP contribution in [0.15, 0.2) is 40.7 Å². The minimum Gasteiger partial charge on any atom is -0.466 e. The van der Waals surface area contributed by atoms with Crippen molar-refractivity contribution in [1.82, 2.24) is 14.8 Å². The van der Waals surface area contributed by atoms with Gasteiger partial charge in [-0.05, 0) is 30.4 Å². The number of thioether (sulfide) groups is 1. The van der Waals surface area contributed by atoms with Crippen molar-refractivity contribution in [3.8, 4) is 0 Å². The Morgan fingerprint density at radius 2 is 2.29 bits per heavy atom. The van der Waals surface area contributed by atoms with Crippen LogP contribution in [0.5, 0.6) is 0 Å². The van der Waals surface area contributed by atoms with Gasteiger partial charge in [0.05, 0.1) is 12.7 Å². The average molecular weight is 348 g/mol. The number of esters is 1. The lowest BCUT2D eigenvalue weighted by atomic mass is 9.94. The summed E-state index contributed by atoms with van der Waals surface area (Å²) in [5.74, 6) is -0.321. The third-order valence-corrected chi connectivity index (χ3v) is 4.36. The van der Waals surface area contributed by atoms with E-state index in [1.807, 2.05) is 13.2 Å². The number of aromatic nitrogens is 3. The molecule has 24 heavy (non-hydrogen) atoms. The third kappa shape index (κ3) is 2.77. The highest BCUT2D eigenvalue weighted by atomic mass is 32.2. The average Bonchev–Trinajstić information content (AvgIpc) is 3.02. The number of fused-ring (bicyclic) bond motifs is 1. The molecule has 8 heteroatoms. The van der Waals surface area contributed by atoms with Crippen molar-refractivity contribution in [2.45, 2.75) is 24.5 Å². The van der Waals surface area contributed by atoms with Crippen LogP contribution in [-0.2, 0) is 9.53 Å². The molecule has 0 unspecified atom stereocenters. The number of ether oxygens (including phenoxy) is 1. The fourth-order valence-electron chi connectivity index (χ4n) is 2.75. The van der Waals surface area contributed by atoms with Crippen LogP contribution in [0.4, 0.5) is 10.3 Å². The Bertz CT molecular complexity index is 818. The van der Waals surface area contributed by atoms with E-state index in [1.165, 1.54) is 31.0 Å². The number of allylic oxidation sites excluding steroid dienone is 1. The molecule has 2 heterocycles. The van der Waals surface area contributed by atoms with Crippen molar-refractivity contribution in [1.29, 1.82) is 0 Å². The Hall–Kier alpha value is -2.35. The van der Waals surface area contributed by atoms with Crippen LogP contribution >= 0.6 is 11.8 Å². The maximum Gasteiger partial charge on any atom is 0.338 e. The van der Waals surface area contributed by atoms with E-state index in [-0.39, 0.29) is 5.82 Å². The first-order valence-electron chi connectivity index (χ1n) is 7.43. The van der Waals surface area contributed by atoms with Crippen molar-refractivity contribution in [3.63, 3.8) is 0 Å². The minimum absolute atomic E-state index is 0.375. The maximum atomic E-state index is 13.8. The van der Waals surface area contributed by atoms with E-state index in [0.717, 1.165) is 0 Å². The SMILES string of the molecule is CCC1=C(C(=O)OC)[C@@H](c2cccc(F)c2)n2nc(SC)nc2N1. The maximum absolute atomic E-state index is 13.8. The number of nitrogens with zero attached hydrogens (tertiary/aromatic N) is 3. The first kappa shape index (κ1) is 16.5. The number of hydrogen-bond donors (Lipinski definition) is 1. The molecular weight excluding hydrogens is 331 g/mol. The van der Waals surface area contributed by atoms with Gasteiger partial charge >= 0.3 is 5.97 Å². The van der Waals surface area contributed by atoms with Crippen molar-refractivity contribution < 1.29 is 13.9 Å². The molecular formula is C16H17FN4O2S. The summed E-state index contributed by atoms with van der Waals surface area (Å²) < 4.78 is 20.3. The Kier molecular flexibility index (Phi) is 4.57. The standard InChI is InChI=1S/C16H17FN4O2S/c1-4-11-12(14(22)23-2)13(9-6-5-7-10(17)8-9)21-15(18-11)19-16(20-21)24-3/h5-8,13H,4H2,1-3H3,(H,18,19,20)/t13-/m1/s1. The molecule has 1 aliphatic rings. The highest BCUT2D eigenvalue weighted by Gasteiger charge is 2.35. The van der Waals surface area contributed by atoms with E-state index < -0.39 is 12.0 Å². The normalized spacial score (nSPS) is 16.6. The van der Waals surface area contributed by atoms with Gasteiger partial charge in [0, 0.05) is 5.70 Å². The van der Waals surface area contributed by atoms with E-state index in [0.29, 0.717) is 34.4 Å². The van der Waals surface area contributed by atoms with Gasteiger partial charge in [0.1, 0.15) is 11.9 Å². The lowest BCUT2D eigenvalue weighted by molar-refractivity contribution is -0.136. The van der Waals surface area contributed by atoms with E-state index >= 15 is 0 Å². The zero-order valence-electron chi connectivity index (χ0n) is 13.5. The molecule has 0 amide bonds. The molecule has 1 atom stereocenters. The second-order valence-corrected chi connectivity index (χ2v) is 5.96. The lowest BCUT2D eigenvalue weighted by Gasteiger charge is -2.28. The first-order valence-corrected chi connectivity index (χ1v) is 8.65. The van der Waals surface area contributed by atoms with Gasteiger partial charge in [-0.15, -0.1) is 5.10 Å². The van der Waals surface area contributed by atoms with Crippen LogP contribution in [0, 0.1) is 5.82 Å². The van der Waals surface area contributed by atoms with Crippen LogP contribution < -0.4 is 5.32 Å². The zero-order chi connectivity index (χ0) is 17.3. The number of benzene rings is 1. The Labute approximate surface area is 143 Å². The van der Waals surface area contributed by atoms with Crippen molar-refractivity contribution in [3.05, 3.63) is 46.9 Å². The molecule has 1 aromatic carbocycles. The van der Waals surface area contributed by atoms with Gasteiger partial charge in [0.25, 0.3) is 0 Å². The number of nitrogens with one attached hydrogen (secondary N) is 1. The summed E-state index contributed by atoms with van der Waals surface area (Å²) in [5, 5.41) is 8.15. The number of carbonyl (C=O) groups is 1. The van der Waals surface area contributed by atoms with Crippen LogP contribution in [0.3, 0.4) is 0 Å². The van der Waals surface area contributed by atoms with Gasteiger partial charge in [-0.1, -0.05) is 30.8 Å². The first-order chi connectivity index (χ1) is 11.6.